The molecule has 1 aromatic rings. The molecule has 104 valence electrons. The lowest BCUT2D eigenvalue weighted by Gasteiger charge is -2.27. The molecule has 1 amide bonds. The third-order valence-electron chi connectivity index (χ3n) is 3.92. The third kappa shape index (κ3) is 3.77. The summed E-state index contributed by atoms with van der Waals surface area (Å²) in [4.78, 5) is 18.6. The molecule has 0 saturated carbocycles. The smallest absolute Gasteiger partial charge is 0.228 e. The molecule has 1 N–H and O–H groups in total. The molecular weight excluding hydrogens is 238 g/mol. The van der Waals surface area contributed by atoms with Crippen LogP contribution in [-0.4, -0.2) is 42.0 Å². The Labute approximate surface area is 115 Å². The average Bonchev–Trinajstić information content (AvgIpc) is 2.69. The molecule has 0 spiro atoms. The van der Waals surface area contributed by atoms with E-state index in [9.17, 15) is 4.79 Å². The highest BCUT2D eigenvalue weighted by Crippen LogP contribution is 2.14. The number of aryl methyl sites for hydroxylation is 1. The molecule has 1 aliphatic rings. The summed E-state index contributed by atoms with van der Waals surface area (Å²) in [5.74, 6) is 0.175. The number of nitrogens with one attached hydrogen (secondary N) is 1. The third-order valence-corrected chi connectivity index (χ3v) is 3.92. The number of nitrogens with zero attached hydrogens (tertiary/aromatic N) is 2. The summed E-state index contributed by atoms with van der Waals surface area (Å²) in [5, 5.41) is 3.38. The summed E-state index contributed by atoms with van der Waals surface area (Å²) < 4.78 is 0. The van der Waals surface area contributed by atoms with Crippen LogP contribution in [0.3, 0.4) is 0 Å². The molecule has 0 radical (unpaired) electrons. The average molecular weight is 261 g/mol. The zero-order valence-electron chi connectivity index (χ0n) is 11.9. The van der Waals surface area contributed by atoms with Crippen molar-refractivity contribution < 1.29 is 4.79 Å². The summed E-state index contributed by atoms with van der Waals surface area (Å²) in [5.41, 5.74) is 1.98. The van der Waals surface area contributed by atoms with Crippen LogP contribution in [-0.2, 0) is 11.2 Å². The van der Waals surface area contributed by atoms with E-state index in [0.29, 0.717) is 12.5 Å². The topological polar surface area (TPSA) is 45.2 Å². The summed E-state index contributed by atoms with van der Waals surface area (Å²) >= 11 is 0. The van der Waals surface area contributed by atoms with E-state index < -0.39 is 0 Å². The maximum atomic E-state index is 12.3. The Balaban J connectivity index is 1.97. The van der Waals surface area contributed by atoms with E-state index in [1.807, 2.05) is 31.0 Å². The van der Waals surface area contributed by atoms with Gasteiger partial charge in [0.1, 0.15) is 0 Å². The zero-order valence-corrected chi connectivity index (χ0v) is 11.9. The van der Waals surface area contributed by atoms with Gasteiger partial charge < -0.3 is 10.2 Å². The van der Waals surface area contributed by atoms with Gasteiger partial charge >= 0.3 is 0 Å². The zero-order chi connectivity index (χ0) is 13.7. The number of pyridine rings is 1. The first kappa shape index (κ1) is 14.0. The number of likely N-dealkylation sites (N-methyl/N-ethyl adjacent to an activating group) is 1. The number of carbonyl (C=O) groups excluding carboxylic acids is 1. The maximum absolute atomic E-state index is 12.3. The molecule has 0 bridgehead atoms. The number of hydrogen-bond acceptors (Lipinski definition) is 3. The Morgan fingerprint density at radius 3 is 3.11 bits per heavy atom. The quantitative estimate of drug-likeness (QED) is 0.897. The second-order valence-electron chi connectivity index (χ2n) is 5.28. The Kier molecular flexibility index (Phi) is 4.91. The van der Waals surface area contributed by atoms with E-state index in [1.165, 1.54) is 0 Å². The molecule has 1 aromatic heterocycles. The minimum atomic E-state index is 0.175. The molecule has 19 heavy (non-hydrogen) atoms. The predicted molar refractivity (Wildman–Crippen MR) is 76.0 cm³/mol. The van der Waals surface area contributed by atoms with Gasteiger partial charge in [-0.2, -0.15) is 0 Å². The Bertz CT molecular complexity index is 425. The minimum absolute atomic E-state index is 0.175. The number of rotatable bonds is 3. The van der Waals surface area contributed by atoms with Crippen molar-refractivity contribution in [3.05, 3.63) is 29.6 Å². The van der Waals surface area contributed by atoms with E-state index in [-0.39, 0.29) is 5.91 Å². The molecule has 4 nitrogen and oxygen atoms in total. The van der Waals surface area contributed by atoms with Gasteiger partial charge in [0.15, 0.2) is 0 Å². The fourth-order valence-corrected chi connectivity index (χ4v) is 2.56. The summed E-state index contributed by atoms with van der Waals surface area (Å²) in [7, 11) is 1.93. The SMILES string of the molecule is Cc1cccnc1CC(=O)N(C)C1CCCNCC1. The molecule has 2 heterocycles. The predicted octanol–water partition coefficient (Wildman–Crippen LogP) is 1.53. The summed E-state index contributed by atoms with van der Waals surface area (Å²) in [6, 6.07) is 4.28. The molecular formula is C15H23N3O. The highest BCUT2D eigenvalue weighted by atomic mass is 16.2. The first-order valence-corrected chi connectivity index (χ1v) is 7.05. The fraction of sp³-hybridized carbons (Fsp3) is 0.600. The molecule has 1 saturated heterocycles. The number of aromatic nitrogens is 1. The van der Waals surface area contributed by atoms with Crippen LogP contribution in [0.15, 0.2) is 18.3 Å². The lowest BCUT2D eigenvalue weighted by atomic mass is 10.1. The van der Waals surface area contributed by atoms with E-state index in [0.717, 1.165) is 43.6 Å². The van der Waals surface area contributed by atoms with Crippen LogP contribution in [0, 0.1) is 6.92 Å². The lowest BCUT2D eigenvalue weighted by Crippen LogP contribution is -2.38. The maximum Gasteiger partial charge on any atom is 0.228 e. The van der Waals surface area contributed by atoms with Crippen LogP contribution in [0.25, 0.3) is 0 Å². The van der Waals surface area contributed by atoms with Crippen LogP contribution in [0.2, 0.25) is 0 Å². The molecule has 1 atom stereocenters. The Hall–Kier alpha value is -1.42. The molecule has 0 aromatic carbocycles. The van der Waals surface area contributed by atoms with Crippen LogP contribution in [0.5, 0.6) is 0 Å². The Morgan fingerprint density at radius 2 is 2.32 bits per heavy atom. The first-order chi connectivity index (χ1) is 9.18. The van der Waals surface area contributed by atoms with Crippen molar-refractivity contribution in [3.8, 4) is 0 Å². The Morgan fingerprint density at radius 1 is 1.47 bits per heavy atom. The molecule has 4 heteroatoms. The number of hydrogen-bond donors (Lipinski definition) is 1. The second kappa shape index (κ2) is 6.66. The lowest BCUT2D eigenvalue weighted by molar-refractivity contribution is -0.131. The van der Waals surface area contributed by atoms with Crippen molar-refractivity contribution in [3.63, 3.8) is 0 Å². The van der Waals surface area contributed by atoms with Gasteiger partial charge in [-0.25, -0.2) is 0 Å². The van der Waals surface area contributed by atoms with E-state index in [2.05, 4.69) is 10.3 Å². The van der Waals surface area contributed by atoms with Gasteiger partial charge in [-0.3, -0.25) is 9.78 Å². The molecule has 0 aliphatic carbocycles. The van der Waals surface area contributed by atoms with Gasteiger partial charge in [-0.05, 0) is 50.9 Å². The van der Waals surface area contributed by atoms with Gasteiger partial charge in [-0.15, -0.1) is 0 Å². The van der Waals surface area contributed by atoms with Gasteiger partial charge in [0.2, 0.25) is 5.91 Å². The molecule has 1 unspecified atom stereocenters. The van der Waals surface area contributed by atoms with E-state index in [1.54, 1.807) is 6.20 Å². The molecule has 2 rings (SSSR count). The molecule has 1 aliphatic heterocycles. The first-order valence-electron chi connectivity index (χ1n) is 7.05. The fourth-order valence-electron chi connectivity index (χ4n) is 2.56. The molecule has 1 fully saturated rings. The van der Waals surface area contributed by atoms with Gasteiger partial charge in [0.05, 0.1) is 12.1 Å². The van der Waals surface area contributed by atoms with Crippen molar-refractivity contribution in [2.75, 3.05) is 20.1 Å². The van der Waals surface area contributed by atoms with E-state index >= 15 is 0 Å². The normalized spacial score (nSPS) is 19.8. The van der Waals surface area contributed by atoms with Crippen molar-refractivity contribution in [1.82, 2.24) is 15.2 Å². The number of carbonyl (C=O) groups is 1. The van der Waals surface area contributed by atoms with Crippen molar-refractivity contribution >= 4 is 5.91 Å². The van der Waals surface area contributed by atoms with Crippen molar-refractivity contribution in [2.45, 2.75) is 38.6 Å². The highest BCUT2D eigenvalue weighted by molar-refractivity contribution is 5.78. The van der Waals surface area contributed by atoms with Crippen LogP contribution >= 0.6 is 0 Å². The van der Waals surface area contributed by atoms with Gasteiger partial charge in [0.25, 0.3) is 0 Å². The highest BCUT2D eigenvalue weighted by Gasteiger charge is 2.21. The second-order valence-corrected chi connectivity index (χ2v) is 5.28. The van der Waals surface area contributed by atoms with E-state index in [4.69, 9.17) is 0 Å². The monoisotopic (exact) mass is 261 g/mol. The van der Waals surface area contributed by atoms with Gasteiger partial charge in [-0.1, -0.05) is 6.07 Å². The number of amides is 1. The van der Waals surface area contributed by atoms with Crippen LogP contribution in [0.4, 0.5) is 0 Å². The van der Waals surface area contributed by atoms with Crippen molar-refractivity contribution in [2.24, 2.45) is 0 Å². The van der Waals surface area contributed by atoms with Crippen LogP contribution in [0.1, 0.15) is 30.5 Å². The summed E-state index contributed by atoms with van der Waals surface area (Å²) in [6.07, 6.45) is 5.45. The van der Waals surface area contributed by atoms with Gasteiger partial charge in [0, 0.05) is 19.3 Å². The standard InChI is InChI=1S/C15H23N3O/c1-12-5-3-9-17-14(12)11-15(19)18(2)13-6-4-8-16-10-7-13/h3,5,9,13,16H,4,6-8,10-11H2,1-2H3. The van der Waals surface area contributed by atoms with Crippen LogP contribution < -0.4 is 5.32 Å². The van der Waals surface area contributed by atoms with Crippen molar-refractivity contribution in [1.29, 1.82) is 0 Å². The minimum Gasteiger partial charge on any atom is -0.342 e. The largest absolute Gasteiger partial charge is 0.342 e. The summed E-state index contributed by atoms with van der Waals surface area (Å²) in [6.45, 7) is 4.08.